The lowest BCUT2D eigenvalue weighted by molar-refractivity contribution is 0.103. The summed E-state index contributed by atoms with van der Waals surface area (Å²) < 4.78 is 5.48. The van der Waals surface area contributed by atoms with E-state index in [4.69, 9.17) is 22.1 Å². The molecule has 0 fully saturated rings. The second kappa shape index (κ2) is 6.44. The first kappa shape index (κ1) is 14.4. The van der Waals surface area contributed by atoms with Crippen molar-refractivity contribution < 1.29 is 9.53 Å². The fourth-order valence-electron chi connectivity index (χ4n) is 1.76. The lowest BCUT2D eigenvalue weighted by atomic mass is 10.0. The number of carbonyl (C=O) groups is 1. The van der Waals surface area contributed by atoms with Gasteiger partial charge in [-0.3, -0.25) is 4.79 Å². The van der Waals surface area contributed by atoms with Gasteiger partial charge in [-0.05, 0) is 48.9 Å². The van der Waals surface area contributed by atoms with Crippen molar-refractivity contribution in [3.05, 3.63) is 58.6 Å². The topological polar surface area (TPSA) is 52.3 Å². The summed E-state index contributed by atoms with van der Waals surface area (Å²) in [5, 5.41) is 0.388. The molecule has 0 radical (unpaired) electrons. The Labute approximate surface area is 123 Å². The smallest absolute Gasteiger partial charge is 0.193 e. The molecule has 2 aromatic rings. The Morgan fingerprint density at radius 3 is 2.40 bits per heavy atom. The number of hydrogen-bond acceptors (Lipinski definition) is 3. The van der Waals surface area contributed by atoms with Crippen molar-refractivity contribution in [1.29, 1.82) is 0 Å². The summed E-state index contributed by atoms with van der Waals surface area (Å²) in [6.45, 7) is 2.71. The summed E-state index contributed by atoms with van der Waals surface area (Å²) in [7, 11) is 0. The normalized spacial score (nSPS) is 10.3. The van der Waals surface area contributed by atoms with Crippen molar-refractivity contribution in [3.8, 4) is 5.75 Å². The Bertz CT molecular complexity index is 608. The fourth-order valence-corrected chi connectivity index (χ4v) is 1.94. The Morgan fingerprint density at radius 1 is 1.15 bits per heavy atom. The van der Waals surface area contributed by atoms with E-state index in [0.29, 0.717) is 28.4 Å². The molecule has 0 heterocycles. The summed E-state index contributed by atoms with van der Waals surface area (Å²) >= 11 is 5.93. The van der Waals surface area contributed by atoms with Gasteiger partial charge in [0.05, 0.1) is 17.3 Å². The van der Waals surface area contributed by atoms with E-state index in [2.05, 4.69) is 0 Å². The predicted octanol–water partition coefficient (Wildman–Crippen LogP) is 3.94. The molecule has 4 heteroatoms. The SMILES string of the molecule is CCCOc1ccc(C(=O)c2ccc(N)c(Cl)c2)cc1. The Morgan fingerprint density at radius 2 is 1.80 bits per heavy atom. The van der Waals surface area contributed by atoms with Crippen LogP contribution in [-0.2, 0) is 0 Å². The van der Waals surface area contributed by atoms with Crippen LogP contribution in [0.2, 0.25) is 5.02 Å². The molecule has 2 aromatic carbocycles. The van der Waals surface area contributed by atoms with Crippen molar-refractivity contribution in [2.45, 2.75) is 13.3 Å². The van der Waals surface area contributed by atoms with Crippen molar-refractivity contribution in [2.75, 3.05) is 12.3 Å². The van der Waals surface area contributed by atoms with Gasteiger partial charge in [0, 0.05) is 11.1 Å². The first-order chi connectivity index (χ1) is 9.61. The molecule has 104 valence electrons. The van der Waals surface area contributed by atoms with Gasteiger partial charge in [-0.2, -0.15) is 0 Å². The summed E-state index contributed by atoms with van der Waals surface area (Å²) in [5.74, 6) is 0.674. The highest BCUT2D eigenvalue weighted by Crippen LogP contribution is 2.22. The molecule has 0 amide bonds. The maximum Gasteiger partial charge on any atom is 0.193 e. The molecule has 0 saturated carbocycles. The maximum atomic E-state index is 12.3. The van der Waals surface area contributed by atoms with Crippen LogP contribution in [0.1, 0.15) is 29.3 Å². The van der Waals surface area contributed by atoms with E-state index >= 15 is 0 Å². The van der Waals surface area contributed by atoms with Gasteiger partial charge in [0.1, 0.15) is 5.75 Å². The van der Waals surface area contributed by atoms with Gasteiger partial charge < -0.3 is 10.5 Å². The maximum absolute atomic E-state index is 12.3. The number of ketones is 1. The van der Waals surface area contributed by atoms with Crippen molar-refractivity contribution in [3.63, 3.8) is 0 Å². The molecular weight excluding hydrogens is 274 g/mol. The molecule has 2 rings (SSSR count). The second-order valence-electron chi connectivity index (χ2n) is 4.44. The highest BCUT2D eigenvalue weighted by molar-refractivity contribution is 6.33. The van der Waals surface area contributed by atoms with E-state index in [9.17, 15) is 4.79 Å². The van der Waals surface area contributed by atoms with Crippen LogP contribution < -0.4 is 10.5 Å². The number of hydrogen-bond donors (Lipinski definition) is 1. The van der Waals surface area contributed by atoms with Crippen LogP contribution >= 0.6 is 11.6 Å². The van der Waals surface area contributed by atoms with Crippen molar-refractivity contribution in [2.24, 2.45) is 0 Å². The van der Waals surface area contributed by atoms with Crippen molar-refractivity contribution in [1.82, 2.24) is 0 Å². The zero-order chi connectivity index (χ0) is 14.5. The number of nitrogen functional groups attached to an aromatic ring is 1. The van der Waals surface area contributed by atoms with Gasteiger partial charge in [0.25, 0.3) is 0 Å². The standard InChI is InChI=1S/C16H16ClNO2/c1-2-9-20-13-6-3-11(4-7-13)16(19)12-5-8-15(18)14(17)10-12/h3-8,10H,2,9,18H2,1H3. The van der Waals surface area contributed by atoms with E-state index in [1.54, 1.807) is 42.5 Å². The molecule has 0 atom stereocenters. The van der Waals surface area contributed by atoms with E-state index in [1.165, 1.54) is 0 Å². The lowest BCUT2D eigenvalue weighted by Crippen LogP contribution is -2.02. The molecule has 20 heavy (non-hydrogen) atoms. The number of ether oxygens (including phenoxy) is 1. The minimum Gasteiger partial charge on any atom is -0.494 e. The number of rotatable bonds is 5. The minimum absolute atomic E-state index is 0.0889. The lowest BCUT2D eigenvalue weighted by Gasteiger charge is -2.06. The number of anilines is 1. The molecule has 2 N–H and O–H groups in total. The molecule has 0 bridgehead atoms. The number of carbonyl (C=O) groups excluding carboxylic acids is 1. The molecular formula is C16H16ClNO2. The van der Waals surface area contributed by atoms with Gasteiger partial charge >= 0.3 is 0 Å². The van der Waals surface area contributed by atoms with Crippen LogP contribution in [0.5, 0.6) is 5.75 Å². The number of benzene rings is 2. The van der Waals surface area contributed by atoms with Gasteiger partial charge in [-0.15, -0.1) is 0 Å². The third-order valence-corrected chi connectivity index (χ3v) is 3.18. The molecule has 0 aromatic heterocycles. The summed E-state index contributed by atoms with van der Waals surface area (Å²) in [6.07, 6.45) is 0.949. The van der Waals surface area contributed by atoms with Crippen LogP contribution in [0.25, 0.3) is 0 Å². The highest BCUT2D eigenvalue weighted by atomic mass is 35.5. The van der Waals surface area contributed by atoms with E-state index in [0.717, 1.165) is 12.2 Å². The zero-order valence-corrected chi connectivity index (χ0v) is 12.0. The molecule has 0 aliphatic heterocycles. The molecule has 0 saturated heterocycles. The molecule has 0 aliphatic rings. The molecule has 3 nitrogen and oxygen atoms in total. The van der Waals surface area contributed by atoms with Gasteiger partial charge in [0.15, 0.2) is 5.78 Å². The molecule has 0 aliphatic carbocycles. The third-order valence-electron chi connectivity index (χ3n) is 2.85. The van der Waals surface area contributed by atoms with Crippen LogP contribution in [0.3, 0.4) is 0 Å². The van der Waals surface area contributed by atoms with E-state index < -0.39 is 0 Å². The summed E-state index contributed by atoms with van der Waals surface area (Å²) in [6, 6.07) is 12.0. The van der Waals surface area contributed by atoms with Crippen LogP contribution in [0, 0.1) is 0 Å². The van der Waals surface area contributed by atoms with E-state index in [1.807, 2.05) is 6.92 Å². The van der Waals surface area contributed by atoms with Crippen LogP contribution in [0.4, 0.5) is 5.69 Å². The zero-order valence-electron chi connectivity index (χ0n) is 11.2. The average molecular weight is 290 g/mol. The Kier molecular flexibility index (Phi) is 4.64. The first-order valence-corrected chi connectivity index (χ1v) is 6.82. The van der Waals surface area contributed by atoms with Gasteiger partial charge in [-0.25, -0.2) is 0 Å². The molecule has 0 unspecified atom stereocenters. The number of nitrogens with two attached hydrogens (primary N) is 1. The Hall–Kier alpha value is -2.00. The van der Waals surface area contributed by atoms with Gasteiger partial charge in [-0.1, -0.05) is 18.5 Å². The molecule has 0 spiro atoms. The summed E-state index contributed by atoms with van der Waals surface area (Å²) in [5.41, 5.74) is 7.21. The number of halogens is 1. The van der Waals surface area contributed by atoms with E-state index in [-0.39, 0.29) is 5.78 Å². The summed E-state index contributed by atoms with van der Waals surface area (Å²) in [4.78, 5) is 12.3. The third kappa shape index (κ3) is 3.31. The second-order valence-corrected chi connectivity index (χ2v) is 4.85. The van der Waals surface area contributed by atoms with Gasteiger partial charge in [0.2, 0.25) is 0 Å². The Balaban J connectivity index is 2.18. The van der Waals surface area contributed by atoms with Crippen LogP contribution in [0.15, 0.2) is 42.5 Å². The van der Waals surface area contributed by atoms with Crippen LogP contribution in [-0.4, -0.2) is 12.4 Å². The highest BCUT2D eigenvalue weighted by Gasteiger charge is 2.10. The minimum atomic E-state index is -0.0889. The monoisotopic (exact) mass is 289 g/mol. The van der Waals surface area contributed by atoms with Crippen molar-refractivity contribution >= 4 is 23.1 Å². The fraction of sp³-hybridized carbons (Fsp3) is 0.188. The largest absolute Gasteiger partial charge is 0.494 e. The average Bonchev–Trinajstić information content (AvgIpc) is 2.48. The first-order valence-electron chi connectivity index (χ1n) is 6.44. The predicted molar refractivity (Wildman–Crippen MR) is 81.5 cm³/mol. The quantitative estimate of drug-likeness (QED) is 0.670.